The largest absolute Gasteiger partial charge is 1.00 e. The van der Waals surface area contributed by atoms with E-state index in [9.17, 15) is 4.79 Å². The number of likely N-dealkylation sites (N-methyl/N-ethyl adjacent to an activating group) is 1. The summed E-state index contributed by atoms with van der Waals surface area (Å²) < 4.78 is 11.4. The Hall–Kier alpha value is -0.730. The summed E-state index contributed by atoms with van der Waals surface area (Å²) in [6.07, 6.45) is 0. The number of carbonyl (C=O) groups excluding carboxylic acids is 1. The van der Waals surface area contributed by atoms with Gasteiger partial charge in [-0.1, -0.05) is 0 Å². The van der Waals surface area contributed by atoms with Crippen molar-refractivity contribution in [2.75, 3.05) is 40.9 Å². The van der Waals surface area contributed by atoms with Gasteiger partial charge in [-0.05, 0) is 47.7 Å². The van der Waals surface area contributed by atoms with Crippen LogP contribution in [-0.4, -0.2) is 51.7 Å². The van der Waals surface area contributed by atoms with Crippen LogP contribution in [0.5, 0.6) is 11.5 Å². The van der Waals surface area contributed by atoms with E-state index in [1.807, 2.05) is 26.2 Å². The van der Waals surface area contributed by atoms with Gasteiger partial charge in [-0.15, -0.1) is 0 Å². The highest BCUT2D eigenvalue weighted by Gasteiger charge is 2.12. The Balaban J connectivity index is 0. The number of primary amides is 1. The molecule has 3 N–H and O–H groups in total. The van der Waals surface area contributed by atoms with Gasteiger partial charge >= 0.3 is 0 Å². The molecule has 1 aromatic carbocycles. The molecule has 0 saturated heterocycles. The molecule has 0 heterocycles. The molecule has 1 aromatic rings. The van der Waals surface area contributed by atoms with E-state index in [2.05, 4.69) is 26.1 Å². The molecule has 1 amide bonds. The molecule has 9 heteroatoms. The molecular weight excluding hydrogens is 409 g/mol. The van der Waals surface area contributed by atoms with Crippen molar-refractivity contribution < 1.29 is 39.1 Å². The Morgan fingerprint density at radius 2 is 2.00 bits per heavy atom. The van der Waals surface area contributed by atoms with Crippen LogP contribution < -0.4 is 45.3 Å². The number of benzene rings is 1. The van der Waals surface area contributed by atoms with Gasteiger partial charge < -0.3 is 50.2 Å². The van der Waals surface area contributed by atoms with Crippen LogP contribution in [0.15, 0.2) is 16.6 Å². The summed E-state index contributed by atoms with van der Waals surface area (Å²) in [7, 11) is 5.63. The second-order valence-corrected chi connectivity index (χ2v) is 5.70. The Morgan fingerprint density at radius 3 is 2.52 bits per heavy atom. The maximum absolute atomic E-state index is 10.8. The summed E-state index contributed by atoms with van der Waals surface area (Å²) in [5.74, 6) is 0.516. The minimum Gasteiger partial charge on any atom is -1.00 e. The average Bonchev–Trinajstić information content (AvgIpc) is 2.41. The monoisotopic (exact) mass is 429 g/mol. The average molecular weight is 431 g/mol. The molecule has 0 aliphatic carbocycles. The second-order valence-electron chi connectivity index (χ2n) is 4.84. The van der Waals surface area contributed by atoms with Crippen LogP contribution in [0.2, 0.25) is 0 Å². The van der Waals surface area contributed by atoms with Crippen LogP contribution >= 0.6 is 15.9 Å². The van der Waals surface area contributed by atoms with E-state index >= 15 is 0 Å². The van der Waals surface area contributed by atoms with E-state index in [0.29, 0.717) is 11.5 Å². The number of amides is 1. The zero-order valence-electron chi connectivity index (χ0n) is 13.4. The first-order chi connectivity index (χ1) is 9.93. The number of nitrogens with one attached hydrogen (secondary N) is 1. The van der Waals surface area contributed by atoms with Gasteiger partial charge in [-0.3, -0.25) is 4.79 Å². The van der Waals surface area contributed by atoms with E-state index in [1.54, 1.807) is 7.11 Å². The van der Waals surface area contributed by atoms with Crippen molar-refractivity contribution >= 4 is 21.8 Å². The molecule has 0 aliphatic rings. The lowest BCUT2D eigenvalue weighted by Crippen LogP contribution is -3.00. The predicted molar refractivity (Wildman–Crippen MR) is 85.6 cm³/mol. The Kier molecular flexibility index (Phi) is 13.5. The fourth-order valence-corrected chi connectivity index (χ4v) is 2.30. The second kappa shape index (κ2) is 12.7. The molecule has 0 aliphatic heterocycles. The minimum absolute atomic E-state index is 0. The maximum Gasteiger partial charge on any atom is 0.255 e. The van der Waals surface area contributed by atoms with Crippen molar-refractivity contribution in [1.29, 1.82) is 0 Å². The molecule has 0 aromatic heterocycles. The lowest BCUT2D eigenvalue weighted by Gasteiger charge is -2.14. The van der Waals surface area contributed by atoms with E-state index in [4.69, 9.17) is 15.2 Å². The van der Waals surface area contributed by atoms with Crippen molar-refractivity contribution in [2.45, 2.75) is 6.54 Å². The fourth-order valence-electron chi connectivity index (χ4n) is 1.69. The summed E-state index contributed by atoms with van der Waals surface area (Å²) in [5, 5.41) is 3.35. The minimum atomic E-state index is -0.529. The van der Waals surface area contributed by atoms with Gasteiger partial charge in [0.1, 0.15) is 0 Å². The van der Waals surface area contributed by atoms with E-state index in [0.717, 1.165) is 29.7 Å². The van der Waals surface area contributed by atoms with Crippen LogP contribution in [0, 0.1) is 0 Å². The number of ether oxygens (including phenoxy) is 2. The number of rotatable bonds is 9. The van der Waals surface area contributed by atoms with Gasteiger partial charge in [0, 0.05) is 19.6 Å². The van der Waals surface area contributed by atoms with Crippen LogP contribution in [0.1, 0.15) is 5.56 Å². The molecular formula is C14H22BrCl2N3O3-2. The quantitative estimate of drug-likeness (QED) is 0.383. The summed E-state index contributed by atoms with van der Waals surface area (Å²) in [5.41, 5.74) is 6.14. The van der Waals surface area contributed by atoms with Gasteiger partial charge in [0.25, 0.3) is 5.91 Å². The lowest BCUT2D eigenvalue weighted by atomic mass is 10.2. The number of hydrogen-bond acceptors (Lipinski definition) is 5. The lowest BCUT2D eigenvalue weighted by molar-refractivity contribution is -0.120. The van der Waals surface area contributed by atoms with Crippen molar-refractivity contribution in [1.82, 2.24) is 10.2 Å². The van der Waals surface area contributed by atoms with Crippen molar-refractivity contribution in [3.63, 3.8) is 0 Å². The highest BCUT2D eigenvalue weighted by molar-refractivity contribution is 9.10. The van der Waals surface area contributed by atoms with E-state index in [1.165, 1.54) is 0 Å². The molecule has 0 bridgehead atoms. The summed E-state index contributed by atoms with van der Waals surface area (Å²) >= 11 is 3.43. The third-order valence-electron chi connectivity index (χ3n) is 2.71. The zero-order chi connectivity index (χ0) is 15.8. The third-order valence-corrected chi connectivity index (χ3v) is 3.30. The topological polar surface area (TPSA) is 76.8 Å². The van der Waals surface area contributed by atoms with Gasteiger partial charge in [0.05, 0.1) is 11.6 Å². The Bertz CT molecular complexity index is 491. The highest BCUT2D eigenvalue weighted by atomic mass is 79.9. The van der Waals surface area contributed by atoms with Crippen molar-refractivity contribution in [3.8, 4) is 11.5 Å². The molecule has 6 nitrogen and oxygen atoms in total. The van der Waals surface area contributed by atoms with Gasteiger partial charge in [0.15, 0.2) is 18.1 Å². The standard InChI is InChI=1S/C14H22BrN3O3.2ClH/c1-18(2)5-4-17-8-10-6-11(15)14(12(7-10)20-3)21-9-13(16)19;;/h6-7,17H,4-5,8-9H2,1-3H3,(H2,16,19);2*1H/p-2. The van der Waals surface area contributed by atoms with Crippen LogP contribution in [0.4, 0.5) is 0 Å². The molecule has 134 valence electrons. The van der Waals surface area contributed by atoms with Crippen LogP contribution in [0.25, 0.3) is 0 Å². The Morgan fingerprint density at radius 1 is 1.35 bits per heavy atom. The molecule has 0 fully saturated rings. The highest BCUT2D eigenvalue weighted by Crippen LogP contribution is 2.36. The summed E-state index contributed by atoms with van der Waals surface area (Å²) in [6, 6.07) is 3.81. The van der Waals surface area contributed by atoms with Crippen LogP contribution in [-0.2, 0) is 11.3 Å². The fraction of sp³-hybridized carbons (Fsp3) is 0.500. The first-order valence-electron chi connectivity index (χ1n) is 6.57. The molecule has 0 saturated carbocycles. The van der Waals surface area contributed by atoms with Gasteiger partial charge in [-0.25, -0.2) is 0 Å². The SMILES string of the molecule is COc1cc(CNCCN(C)C)cc(Br)c1OCC(N)=O.[Cl-].[Cl-]. The Labute approximate surface area is 158 Å². The summed E-state index contributed by atoms with van der Waals surface area (Å²) in [6.45, 7) is 2.40. The molecule has 0 unspecified atom stereocenters. The van der Waals surface area contributed by atoms with Crippen molar-refractivity contribution in [2.24, 2.45) is 5.73 Å². The smallest absolute Gasteiger partial charge is 0.255 e. The first-order valence-corrected chi connectivity index (χ1v) is 7.36. The summed E-state index contributed by atoms with van der Waals surface area (Å²) in [4.78, 5) is 12.9. The number of nitrogens with two attached hydrogens (primary N) is 1. The number of carbonyl (C=O) groups is 1. The number of methoxy groups -OCH3 is 1. The van der Waals surface area contributed by atoms with Crippen molar-refractivity contribution in [3.05, 3.63) is 22.2 Å². The third kappa shape index (κ3) is 9.22. The molecule has 0 radical (unpaired) electrons. The molecule has 0 atom stereocenters. The zero-order valence-corrected chi connectivity index (χ0v) is 16.5. The molecule has 1 rings (SSSR count). The van der Waals surface area contributed by atoms with Gasteiger partial charge in [-0.2, -0.15) is 0 Å². The van der Waals surface area contributed by atoms with Gasteiger partial charge in [0.2, 0.25) is 0 Å². The number of hydrogen-bond donors (Lipinski definition) is 2. The normalized spacial score (nSPS) is 9.78. The number of nitrogens with zero attached hydrogens (tertiary/aromatic N) is 1. The maximum atomic E-state index is 10.8. The molecule has 23 heavy (non-hydrogen) atoms. The predicted octanol–water partition coefficient (Wildman–Crippen LogP) is -5.02. The first kappa shape index (κ1) is 24.5. The number of halogens is 3. The van der Waals surface area contributed by atoms with E-state index < -0.39 is 5.91 Å². The molecule has 0 spiro atoms. The van der Waals surface area contributed by atoms with E-state index in [-0.39, 0.29) is 31.4 Å². The van der Waals surface area contributed by atoms with Crippen LogP contribution in [0.3, 0.4) is 0 Å².